The van der Waals surface area contributed by atoms with Crippen LogP contribution < -0.4 is 0 Å². The summed E-state index contributed by atoms with van der Waals surface area (Å²) >= 11 is 0. The number of nitrogens with zero attached hydrogens (tertiary/aromatic N) is 1. The van der Waals surface area contributed by atoms with Crippen LogP contribution in [0.4, 0.5) is 0 Å². The van der Waals surface area contributed by atoms with Crippen LogP contribution in [0.2, 0.25) is 0 Å². The Hall–Kier alpha value is -2.87. The average molecular weight is 315 g/mol. The SMILES string of the molecule is CCN(Cc1ccccc1)C(=O)c1ccc(-c2ccccc2)cc1. The molecule has 2 heteroatoms. The maximum Gasteiger partial charge on any atom is 0.254 e. The third-order valence-corrected chi connectivity index (χ3v) is 4.12. The predicted molar refractivity (Wildman–Crippen MR) is 98.7 cm³/mol. The van der Waals surface area contributed by atoms with Gasteiger partial charge in [-0.2, -0.15) is 0 Å². The lowest BCUT2D eigenvalue weighted by Crippen LogP contribution is -2.30. The Labute approximate surface area is 143 Å². The highest BCUT2D eigenvalue weighted by Gasteiger charge is 2.14. The number of hydrogen-bond donors (Lipinski definition) is 0. The minimum absolute atomic E-state index is 0.0703. The summed E-state index contributed by atoms with van der Waals surface area (Å²) in [5, 5.41) is 0. The molecule has 0 radical (unpaired) electrons. The lowest BCUT2D eigenvalue weighted by Gasteiger charge is -2.21. The maximum atomic E-state index is 12.8. The molecule has 0 unspecified atom stereocenters. The van der Waals surface area contributed by atoms with Crippen LogP contribution >= 0.6 is 0 Å². The van der Waals surface area contributed by atoms with Crippen molar-refractivity contribution in [3.8, 4) is 11.1 Å². The van der Waals surface area contributed by atoms with Crippen molar-refractivity contribution < 1.29 is 4.79 Å². The molecule has 24 heavy (non-hydrogen) atoms. The minimum atomic E-state index is 0.0703. The van der Waals surface area contributed by atoms with Crippen molar-refractivity contribution in [1.82, 2.24) is 4.90 Å². The number of benzene rings is 3. The van der Waals surface area contributed by atoms with Gasteiger partial charge in [-0.05, 0) is 35.7 Å². The molecule has 3 aromatic carbocycles. The third kappa shape index (κ3) is 3.72. The molecular formula is C22H21NO. The number of carbonyl (C=O) groups excluding carboxylic acids is 1. The van der Waals surface area contributed by atoms with Gasteiger partial charge >= 0.3 is 0 Å². The van der Waals surface area contributed by atoms with Crippen molar-refractivity contribution in [3.05, 3.63) is 96.1 Å². The predicted octanol–water partition coefficient (Wildman–Crippen LogP) is 5.02. The molecule has 0 spiro atoms. The van der Waals surface area contributed by atoms with Crippen LogP contribution in [-0.4, -0.2) is 17.4 Å². The fraction of sp³-hybridized carbons (Fsp3) is 0.136. The average Bonchev–Trinajstić information content (AvgIpc) is 2.67. The Morgan fingerprint density at radius 1 is 0.750 bits per heavy atom. The first kappa shape index (κ1) is 16.0. The van der Waals surface area contributed by atoms with Gasteiger partial charge in [-0.1, -0.05) is 72.8 Å². The van der Waals surface area contributed by atoms with Crippen LogP contribution in [0.5, 0.6) is 0 Å². The van der Waals surface area contributed by atoms with Gasteiger partial charge in [0.15, 0.2) is 0 Å². The first-order valence-electron chi connectivity index (χ1n) is 8.26. The summed E-state index contributed by atoms with van der Waals surface area (Å²) in [6, 6.07) is 28.1. The number of amides is 1. The van der Waals surface area contributed by atoms with Gasteiger partial charge in [-0.25, -0.2) is 0 Å². The Morgan fingerprint density at radius 2 is 1.29 bits per heavy atom. The van der Waals surface area contributed by atoms with Crippen molar-refractivity contribution in [2.24, 2.45) is 0 Å². The summed E-state index contributed by atoms with van der Waals surface area (Å²) in [6.07, 6.45) is 0. The molecule has 0 N–H and O–H groups in total. The van der Waals surface area contributed by atoms with E-state index in [1.54, 1.807) is 0 Å². The van der Waals surface area contributed by atoms with Gasteiger partial charge in [-0.15, -0.1) is 0 Å². The molecule has 0 saturated carbocycles. The fourth-order valence-electron chi connectivity index (χ4n) is 2.75. The van der Waals surface area contributed by atoms with Crippen LogP contribution in [-0.2, 0) is 6.54 Å². The number of rotatable bonds is 5. The van der Waals surface area contributed by atoms with Gasteiger partial charge < -0.3 is 4.90 Å². The van der Waals surface area contributed by atoms with Crippen molar-refractivity contribution in [2.45, 2.75) is 13.5 Å². The van der Waals surface area contributed by atoms with E-state index in [0.717, 1.165) is 22.3 Å². The van der Waals surface area contributed by atoms with E-state index < -0.39 is 0 Å². The highest BCUT2D eigenvalue weighted by molar-refractivity contribution is 5.94. The first-order chi connectivity index (χ1) is 11.8. The molecule has 0 atom stereocenters. The van der Waals surface area contributed by atoms with Gasteiger partial charge in [0.1, 0.15) is 0 Å². The Kier molecular flexibility index (Phi) is 5.07. The lowest BCUT2D eigenvalue weighted by atomic mass is 10.0. The first-order valence-corrected chi connectivity index (χ1v) is 8.26. The van der Waals surface area contributed by atoms with Crippen LogP contribution in [0.25, 0.3) is 11.1 Å². The molecular weight excluding hydrogens is 294 g/mol. The maximum absolute atomic E-state index is 12.8. The lowest BCUT2D eigenvalue weighted by molar-refractivity contribution is 0.0752. The van der Waals surface area contributed by atoms with Crippen molar-refractivity contribution in [1.29, 1.82) is 0 Å². The summed E-state index contributed by atoms with van der Waals surface area (Å²) in [6.45, 7) is 3.34. The molecule has 0 aliphatic rings. The van der Waals surface area contributed by atoms with E-state index in [1.165, 1.54) is 0 Å². The van der Waals surface area contributed by atoms with Gasteiger partial charge in [0, 0.05) is 18.7 Å². The van der Waals surface area contributed by atoms with E-state index in [9.17, 15) is 4.79 Å². The molecule has 0 bridgehead atoms. The van der Waals surface area contributed by atoms with E-state index in [-0.39, 0.29) is 5.91 Å². The molecule has 0 heterocycles. The fourth-order valence-corrected chi connectivity index (χ4v) is 2.75. The molecule has 0 saturated heterocycles. The molecule has 0 aliphatic carbocycles. The quantitative estimate of drug-likeness (QED) is 0.647. The molecule has 0 aromatic heterocycles. The second-order valence-electron chi connectivity index (χ2n) is 5.75. The van der Waals surface area contributed by atoms with Gasteiger partial charge in [0.2, 0.25) is 0 Å². The zero-order chi connectivity index (χ0) is 16.8. The monoisotopic (exact) mass is 315 g/mol. The zero-order valence-electron chi connectivity index (χ0n) is 13.9. The standard InChI is InChI=1S/C22H21NO/c1-2-23(17-18-9-5-3-6-10-18)22(24)21-15-13-20(14-16-21)19-11-7-4-8-12-19/h3-16H,2,17H2,1H3. The molecule has 1 amide bonds. The molecule has 2 nitrogen and oxygen atoms in total. The third-order valence-electron chi connectivity index (χ3n) is 4.12. The van der Waals surface area contributed by atoms with Crippen LogP contribution in [0.3, 0.4) is 0 Å². The van der Waals surface area contributed by atoms with Gasteiger partial charge in [0.05, 0.1) is 0 Å². The summed E-state index contributed by atoms with van der Waals surface area (Å²) in [5.41, 5.74) is 4.16. The van der Waals surface area contributed by atoms with Crippen LogP contribution in [0.1, 0.15) is 22.8 Å². The Morgan fingerprint density at radius 3 is 1.88 bits per heavy atom. The second kappa shape index (κ2) is 7.60. The highest BCUT2D eigenvalue weighted by atomic mass is 16.2. The van der Waals surface area contributed by atoms with E-state index in [1.807, 2.05) is 72.5 Å². The highest BCUT2D eigenvalue weighted by Crippen LogP contribution is 2.20. The second-order valence-corrected chi connectivity index (χ2v) is 5.75. The summed E-state index contributed by atoms with van der Waals surface area (Å²) in [4.78, 5) is 14.6. The van der Waals surface area contributed by atoms with E-state index in [4.69, 9.17) is 0 Å². The largest absolute Gasteiger partial charge is 0.335 e. The smallest absolute Gasteiger partial charge is 0.254 e. The van der Waals surface area contributed by atoms with E-state index in [2.05, 4.69) is 24.3 Å². The van der Waals surface area contributed by atoms with Gasteiger partial charge in [-0.3, -0.25) is 4.79 Å². The molecule has 120 valence electrons. The zero-order valence-corrected chi connectivity index (χ0v) is 13.9. The Balaban J connectivity index is 1.76. The topological polar surface area (TPSA) is 20.3 Å². The number of carbonyl (C=O) groups is 1. The van der Waals surface area contributed by atoms with E-state index >= 15 is 0 Å². The minimum Gasteiger partial charge on any atom is -0.335 e. The number of hydrogen-bond acceptors (Lipinski definition) is 1. The van der Waals surface area contributed by atoms with Crippen molar-refractivity contribution in [2.75, 3.05) is 6.54 Å². The van der Waals surface area contributed by atoms with Crippen LogP contribution in [0.15, 0.2) is 84.9 Å². The molecule has 0 fully saturated rings. The molecule has 3 aromatic rings. The normalized spacial score (nSPS) is 10.4. The summed E-state index contributed by atoms with van der Waals surface area (Å²) < 4.78 is 0. The summed E-state index contributed by atoms with van der Waals surface area (Å²) in [5.74, 6) is 0.0703. The molecule has 3 rings (SSSR count). The Bertz CT molecular complexity index is 779. The van der Waals surface area contributed by atoms with Crippen LogP contribution in [0, 0.1) is 0 Å². The van der Waals surface area contributed by atoms with Crippen molar-refractivity contribution in [3.63, 3.8) is 0 Å². The molecule has 0 aliphatic heterocycles. The van der Waals surface area contributed by atoms with E-state index in [0.29, 0.717) is 13.1 Å². The van der Waals surface area contributed by atoms with Gasteiger partial charge in [0.25, 0.3) is 5.91 Å². The summed E-state index contributed by atoms with van der Waals surface area (Å²) in [7, 11) is 0. The van der Waals surface area contributed by atoms with Crippen molar-refractivity contribution >= 4 is 5.91 Å².